The number of ether oxygens (including phenoxy) is 3. The highest BCUT2D eigenvalue weighted by atomic mass is 16.6. The maximum atomic E-state index is 5.39. The molecule has 0 aromatic heterocycles. The minimum absolute atomic E-state index is 0.315. The van der Waals surface area contributed by atoms with Crippen LogP contribution in [-0.2, 0) is 14.2 Å². The molecular weight excluding hydrogens is 132 g/mol. The highest BCUT2D eigenvalue weighted by molar-refractivity contribution is 4.62. The highest BCUT2D eigenvalue weighted by Crippen LogP contribution is 2.07. The molecule has 1 fully saturated rings. The van der Waals surface area contributed by atoms with Crippen molar-refractivity contribution in [3.63, 3.8) is 0 Å². The number of methoxy groups -OCH3 is 1. The fourth-order valence-electron chi connectivity index (χ4n) is 0.942. The molecule has 1 atom stereocenters. The topological polar surface area (TPSA) is 27.7 Å². The molecule has 60 valence electrons. The van der Waals surface area contributed by atoms with E-state index in [9.17, 15) is 0 Å². The van der Waals surface area contributed by atoms with Crippen LogP contribution in [0.2, 0.25) is 0 Å². The van der Waals surface area contributed by atoms with Gasteiger partial charge in [-0.3, -0.25) is 0 Å². The van der Waals surface area contributed by atoms with Gasteiger partial charge in [-0.2, -0.15) is 0 Å². The van der Waals surface area contributed by atoms with Gasteiger partial charge < -0.3 is 14.2 Å². The van der Waals surface area contributed by atoms with E-state index in [1.165, 1.54) is 0 Å². The summed E-state index contributed by atoms with van der Waals surface area (Å²) in [5, 5.41) is 0. The number of hydrogen-bond acceptors (Lipinski definition) is 3. The van der Waals surface area contributed by atoms with Gasteiger partial charge in [0.15, 0.2) is 0 Å². The van der Waals surface area contributed by atoms with Gasteiger partial charge in [0.05, 0.1) is 25.9 Å². The molecular formula is C7H14O3. The standard InChI is InChI=1S/C7H14O3/c1-8-4-5-10-7-2-3-9-6-7/h7H,2-6H2,1H3. The Labute approximate surface area is 61.3 Å². The number of rotatable bonds is 4. The van der Waals surface area contributed by atoms with Crippen LogP contribution in [0.15, 0.2) is 0 Å². The molecule has 0 radical (unpaired) electrons. The van der Waals surface area contributed by atoms with E-state index < -0.39 is 0 Å². The third kappa shape index (κ3) is 2.64. The van der Waals surface area contributed by atoms with Crippen LogP contribution in [0.4, 0.5) is 0 Å². The monoisotopic (exact) mass is 146 g/mol. The Morgan fingerprint density at radius 3 is 3.00 bits per heavy atom. The molecule has 0 N–H and O–H groups in total. The van der Waals surface area contributed by atoms with Crippen LogP contribution in [0.1, 0.15) is 6.42 Å². The van der Waals surface area contributed by atoms with E-state index in [0.717, 1.165) is 19.6 Å². The summed E-state index contributed by atoms with van der Waals surface area (Å²) in [6.45, 7) is 2.96. The first-order chi connectivity index (χ1) is 4.93. The Kier molecular flexibility index (Phi) is 3.72. The Bertz CT molecular complexity index is 78.9. The van der Waals surface area contributed by atoms with Crippen molar-refractivity contribution in [3.8, 4) is 0 Å². The predicted octanol–water partition coefficient (Wildman–Crippen LogP) is 0.438. The fourth-order valence-corrected chi connectivity index (χ4v) is 0.942. The van der Waals surface area contributed by atoms with Crippen molar-refractivity contribution in [3.05, 3.63) is 0 Å². The Balaban J connectivity index is 1.91. The van der Waals surface area contributed by atoms with Crippen molar-refractivity contribution in [2.75, 3.05) is 33.5 Å². The molecule has 3 heteroatoms. The van der Waals surface area contributed by atoms with Crippen LogP contribution in [0.3, 0.4) is 0 Å². The van der Waals surface area contributed by atoms with Crippen LogP contribution in [0.5, 0.6) is 0 Å². The maximum absolute atomic E-state index is 5.39. The molecule has 0 amide bonds. The third-order valence-electron chi connectivity index (χ3n) is 1.53. The zero-order valence-corrected chi connectivity index (χ0v) is 6.34. The lowest BCUT2D eigenvalue weighted by atomic mass is 10.3. The van der Waals surface area contributed by atoms with Crippen LogP contribution in [0.25, 0.3) is 0 Å². The zero-order chi connectivity index (χ0) is 7.23. The number of hydrogen-bond donors (Lipinski definition) is 0. The summed E-state index contributed by atoms with van der Waals surface area (Å²) < 4.78 is 15.4. The molecule has 0 aliphatic carbocycles. The molecule has 10 heavy (non-hydrogen) atoms. The lowest BCUT2D eigenvalue weighted by molar-refractivity contribution is 0.0123. The van der Waals surface area contributed by atoms with E-state index in [1.807, 2.05) is 0 Å². The summed E-state index contributed by atoms with van der Waals surface area (Å²) >= 11 is 0. The normalized spacial score (nSPS) is 25.5. The molecule has 0 aromatic carbocycles. The molecule has 0 saturated carbocycles. The molecule has 0 bridgehead atoms. The Morgan fingerprint density at radius 1 is 1.50 bits per heavy atom. The summed E-state index contributed by atoms with van der Waals surface area (Å²) in [5.74, 6) is 0. The van der Waals surface area contributed by atoms with Gasteiger partial charge in [0, 0.05) is 13.7 Å². The van der Waals surface area contributed by atoms with Crippen molar-refractivity contribution < 1.29 is 14.2 Å². The minimum atomic E-state index is 0.315. The maximum Gasteiger partial charge on any atom is 0.0831 e. The summed E-state index contributed by atoms with van der Waals surface area (Å²) in [5.41, 5.74) is 0. The van der Waals surface area contributed by atoms with Crippen molar-refractivity contribution in [1.82, 2.24) is 0 Å². The van der Waals surface area contributed by atoms with Crippen molar-refractivity contribution in [2.24, 2.45) is 0 Å². The first kappa shape index (κ1) is 7.98. The summed E-state index contributed by atoms with van der Waals surface area (Å²) in [4.78, 5) is 0. The first-order valence-corrected chi connectivity index (χ1v) is 3.62. The fraction of sp³-hybridized carbons (Fsp3) is 1.00. The summed E-state index contributed by atoms with van der Waals surface area (Å²) in [7, 11) is 1.68. The molecule has 1 heterocycles. The second-order valence-electron chi connectivity index (χ2n) is 2.35. The molecule has 1 aliphatic heterocycles. The van der Waals surface area contributed by atoms with Crippen LogP contribution in [-0.4, -0.2) is 39.6 Å². The van der Waals surface area contributed by atoms with Crippen molar-refractivity contribution >= 4 is 0 Å². The molecule has 1 unspecified atom stereocenters. The second-order valence-corrected chi connectivity index (χ2v) is 2.35. The van der Waals surface area contributed by atoms with Gasteiger partial charge in [0.1, 0.15) is 0 Å². The van der Waals surface area contributed by atoms with Gasteiger partial charge in [-0.05, 0) is 6.42 Å². The zero-order valence-electron chi connectivity index (χ0n) is 6.34. The molecule has 1 aliphatic rings. The minimum Gasteiger partial charge on any atom is -0.382 e. The molecule has 1 saturated heterocycles. The molecule has 1 rings (SSSR count). The quantitative estimate of drug-likeness (QED) is 0.538. The third-order valence-corrected chi connectivity index (χ3v) is 1.53. The lowest BCUT2D eigenvalue weighted by Crippen LogP contribution is -2.15. The molecule has 0 aromatic rings. The predicted molar refractivity (Wildman–Crippen MR) is 37.1 cm³/mol. The smallest absolute Gasteiger partial charge is 0.0831 e. The van der Waals surface area contributed by atoms with Crippen LogP contribution in [0, 0.1) is 0 Å². The largest absolute Gasteiger partial charge is 0.382 e. The van der Waals surface area contributed by atoms with Crippen LogP contribution < -0.4 is 0 Å². The summed E-state index contributed by atoms with van der Waals surface area (Å²) in [6, 6.07) is 0. The van der Waals surface area contributed by atoms with E-state index in [1.54, 1.807) is 7.11 Å². The lowest BCUT2D eigenvalue weighted by Gasteiger charge is -2.07. The van der Waals surface area contributed by atoms with Gasteiger partial charge >= 0.3 is 0 Å². The van der Waals surface area contributed by atoms with Gasteiger partial charge in [0.25, 0.3) is 0 Å². The van der Waals surface area contributed by atoms with E-state index in [0.29, 0.717) is 19.3 Å². The molecule has 3 nitrogen and oxygen atoms in total. The average molecular weight is 146 g/mol. The van der Waals surface area contributed by atoms with Crippen molar-refractivity contribution in [2.45, 2.75) is 12.5 Å². The van der Waals surface area contributed by atoms with E-state index in [-0.39, 0.29) is 0 Å². The van der Waals surface area contributed by atoms with E-state index in [2.05, 4.69) is 0 Å². The first-order valence-electron chi connectivity index (χ1n) is 3.62. The van der Waals surface area contributed by atoms with Crippen molar-refractivity contribution in [1.29, 1.82) is 0 Å². The van der Waals surface area contributed by atoms with Gasteiger partial charge in [-0.25, -0.2) is 0 Å². The summed E-state index contributed by atoms with van der Waals surface area (Å²) in [6.07, 6.45) is 1.35. The van der Waals surface area contributed by atoms with E-state index >= 15 is 0 Å². The average Bonchev–Trinajstić information content (AvgIpc) is 2.41. The van der Waals surface area contributed by atoms with Gasteiger partial charge in [-0.15, -0.1) is 0 Å². The molecule has 0 spiro atoms. The highest BCUT2D eigenvalue weighted by Gasteiger charge is 2.14. The van der Waals surface area contributed by atoms with Gasteiger partial charge in [0.2, 0.25) is 0 Å². The van der Waals surface area contributed by atoms with E-state index in [4.69, 9.17) is 14.2 Å². The Morgan fingerprint density at radius 2 is 2.40 bits per heavy atom. The SMILES string of the molecule is COCCOC1CCOC1. The Hall–Kier alpha value is -0.120. The van der Waals surface area contributed by atoms with Crippen LogP contribution >= 0.6 is 0 Å². The second kappa shape index (κ2) is 4.66. The van der Waals surface area contributed by atoms with Gasteiger partial charge in [-0.1, -0.05) is 0 Å².